The molecule has 0 atom stereocenters. The van der Waals surface area contributed by atoms with Crippen LogP contribution in [-0.2, 0) is 17.8 Å². The average Bonchev–Trinajstić information content (AvgIpc) is 2.95. The Kier molecular flexibility index (Phi) is 5.36. The van der Waals surface area contributed by atoms with Crippen molar-refractivity contribution in [2.75, 3.05) is 6.54 Å². The molecule has 0 unspecified atom stereocenters. The summed E-state index contributed by atoms with van der Waals surface area (Å²) in [5, 5.41) is 7.79. The highest BCUT2D eigenvalue weighted by molar-refractivity contribution is 7.09. The van der Waals surface area contributed by atoms with E-state index in [0.29, 0.717) is 11.6 Å². The van der Waals surface area contributed by atoms with Crippen molar-refractivity contribution in [3.63, 3.8) is 0 Å². The summed E-state index contributed by atoms with van der Waals surface area (Å²) >= 11 is 7.73. The molecule has 21 heavy (non-hydrogen) atoms. The molecule has 1 N–H and O–H groups in total. The molecule has 2 aromatic rings. The van der Waals surface area contributed by atoms with E-state index in [0.717, 1.165) is 29.9 Å². The first-order valence-electron chi connectivity index (χ1n) is 6.84. The molecular formula is C14H19ClN4OS. The molecule has 0 aliphatic rings. The highest BCUT2D eigenvalue weighted by Crippen LogP contribution is 2.18. The molecule has 1 amide bonds. The maximum atomic E-state index is 11.9. The third-order valence-corrected chi connectivity index (χ3v) is 4.88. The second kappa shape index (κ2) is 7.04. The van der Waals surface area contributed by atoms with Gasteiger partial charge in [0.05, 0.1) is 27.6 Å². The van der Waals surface area contributed by atoms with Gasteiger partial charge in [0.2, 0.25) is 5.91 Å². The van der Waals surface area contributed by atoms with E-state index in [-0.39, 0.29) is 12.5 Å². The Morgan fingerprint density at radius 2 is 2.14 bits per heavy atom. The highest BCUT2D eigenvalue weighted by atomic mass is 35.5. The molecule has 5 nitrogen and oxygen atoms in total. The predicted molar refractivity (Wildman–Crippen MR) is 84.9 cm³/mol. The van der Waals surface area contributed by atoms with Crippen LogP contribution in [0.2, 0.25) is 5.02 Å². The molecule has 2 rings (SSSR count). The Morgan fingerprint density at radius 1 is 1.38 bits per heavy atom. The van der Waals surface area contributed by atoms with Crippen molar-refractivity contribution in [1.82, 2.24) is 20.1 Å². The van der Waals surface area contributed by atoms with Crippen LogP contribution in [0.25, 0.3) is 0 Å². The Balaban J connectivity index is 1.75. The molecule has 0 saturated heterocycles. The number of hydrogen-bond donors (Lipinski definition) is 1. The Morgan fingerprint density at radius 3 is 2.71 bits per heavy atom. The van der Waals surface area contributed by atoms with E-state index in [1.807, 2.05) is 26.3 Å². The molecule has 0 bridgehead atoms. The summed E-state index contributed by atoms with van der Waals surface area (Å²) in [6.45, 7) is 6.57. The predicted octanol–water partition coefficient (Wildman–Crippen LogP) is 2.67. The first-order valence-corrected chi connectivity index (χ1v) is 8.10. The van der Waals surface area contributed by atoms with Crippen LogP contribution in [0.3, 0.4) is 0 Å². The summed E-state index contributed by atoms with van der Waals surface area (Å²) in [7, 11) is 0. The summed E-state index contributed by atoms with van der Waals surface area (Å²) in [5.41, 5.74) is 4.52. The number of rotatable bonds is 6. The second-order valence-electron chi connectivity index (χ2n) is 4.96. The van der Waals surface area contributed by atoms with Crippen molar-refractivity contribution < 1.29 is 4.79 Å². The van der Waals surface area contributed by atoms with Crippen molar-refractivity contribution in [3.8, 4) is 0 Å². The van der Waals surface area contributed by atoms with Gasteiger partial charge in [-0.05, 0) is 33.6 Å². The van der Waals surface area contributed by atoms with Crippen LogP contribution in [0.4, 0.5) is 0 Å². The number of halogens is 1. The largest absolute Gasteiger partial charge is 0.354 e. The number of amides is 1. The second-order valence-corrected chi connectivity index (χ2v) is 6.27. The van der Waals surface area contributed by atoms with Gasteiger partial charge >= 0.3 is 0 Å². The van der Waals surface area contributed by atoms with Gasteiger partial charge in [-0.2, -0.15) is 5.10 Å². The van der Waals surface area contributed by atoms with Crippen LogP contribution in [0.5, 0.6) is 0 Å². The Labute approximate surface area is 133 Å². The van der Waals surface area contributed by atoms with Gasteiger partial charge in [0.15, 0.2) is 0 Å². The minimum Gasteiger partial charge on any atom is -0.354 e. The molecule has 0 aliphatic carbocycles. The zero-order chi connectivity index (χ0) is 15.4. The maximum Gasteiger partial charge on any atom is 0.241 e. The third-order valence-electron chi connectivity index (χ3n) is 3.33. The minimum atomic E-state index is -0.0432. The summed E-state index contributed by atoms with van der Waals surface area (Å²) in [6.07, 6.45) is 1.86. The molecule has 0 fully saturated rings. The molecule has 0 spiro atoms. The third kappa shape index (κ3) is 4.04. The van der Waals surface area contributed by atoms with Gasteiger partial charge in [-0.15, -0.1) is 11.3 Å². The maximum absolute atomic E-state index is 11.9. The van der Waals surface area contributed by atoms with Crippen molar-refractivity contribution in [2.24, 2.45) is 0 Å². The number of aryl methyl sites for hydroxylation is 3. The van der Waals surface area contributed by atoms with Gasteiger partial charge in [0, 0.05) is 11.4 Å². The number of nitrogens with zero attached hydrogens (tertiary/aromatic N) is 3. The van der Waals surface area contributed by atoms with Crippen LogP contribution in [0.15, 0.2) is 5.51 Å². The van der Waals surface area contributed by atoms with E-state index in [2.05, 4.69) is 15.4 Å². The number of aromatic nitrogens is 3. The van der Waals surface area contributed by atoms with E-state index in [4.69, 9.17) is 11.6 Å². The lowest BCUT2D eigenvalue weighted by Crippen LogP contribution is -2.29. The number of thiazole rings is 1. The van der Waals surface area contributed by atoms with Gasteiger partial charge in [-0.25, -0.2) is 4.98 Å². The quantitative estimate of drug-likeness (QED) is 0.830. The van der Waals surface area contributed by atoms with Crippen LogP contribution < -0.4 is 5.32 Å². The lowest BCUT2D eigenvalue weighted by atomic mass is 10.2. The number of nitrogens with one attached hydrogen (secondary N) is 1. The van der Waals surface area contributed by atoms with Crippen LogP contribution in [0, 0.1) is 20.8 Å². The van der Waals surface area contributed by atoms with Crippen LogP contribution >= 0.6 is 22.9 Å². The van der Waals surface area contributed by atoms with E-state index >= 15 is 0 Å². The molecular weight excluding hydrogens is 308 g/mol. The van der Waals surface area contributed by atoms with Gasteiger partial charge in [-0.3, -0.25) is 9.48 Å². The molecule has 0 radical (unpaired) electrons. The summed E-state index contributed by atoms with van der Waals surface area (Å²) in [5.74, 6) is -0.0432. The van der Waals surface area contributed by atoms with Gasteiger partial charge < -0.3 is 5.32 Å². The van der Waals surface area contributed by atoms with Gasteiger partial charge in [0.1, 0.15) is 6.54 Å². The van der Waals surface area contributed by atoms with Crippen molar-refractivity contribution in [3.05, 3.63) is 32.5 Å². The topological polar surface area (TPSA) is 59.8 Å². The van der Waals surface area contributed by atoms with E-state index < -0.39 is 0 Å². The molecule has 0 saturated carbocycles. The summed E-state index contributed by atoms with van der Waals surface area (Å²) < 4.78 is 1.64. The minimum absolute atomic E-state index is 0.0432. The lowest BCUT2D eigenvalue weighted by Gasteiger charge is -2.06. The molecule has 114 valence electrons. The van der Waals surface area contributed by atoms with Crippen LogP contribution in [-0.4, -0.2) is 27.2 Å². The molecule has 0 aliphatic heterocycles. The lowest BCUT2D eigenvalue weighted by molar-refractivity contribution is -0.121. The van der Waals surface area contributed by atoms with E-state index in [1.54, 1.807) is 16.0 Å². The van der Waals surface area contributed by atoms with Gasteiger partial charge in [0.25, 0.3) is 0 Å². The fourth-order valence-electron chi connectivity index (χ4n) is 2.06. The SMILES string of the molecule is Cc1ncsc1CCCNC(=O)Cn1nc(C)c(Cl)c1C. The first-order chi connectivity index (χ1) is 9.99. The smallest absolute Gasteiger partial charge is 0.241 e. The van der Waals surface area contributed by atoms with E-state index in [1.165, 1.54) is 4.88 Å². The number of hydrogen-bond acceptors (Lipinski definition) is 4. The van der Waals surface area contributed by atoms with Crippen molar-refractivity contribution in [1.29, 1.82) is 0 Å². The monoisotopic (exact) mass is 326 g/mol. The standard InChI is InChI=1S/C14H19ClN4OS/c1-9-12(21-8-17-9)5-4-6-16-13(20)7-19-11(3)14(15)10(2)18-19/h8H,4-7H2,1-3H3,(H,16,20). The molecule has 0 aromatic carbocycles. The molecule has 7 heteroatoms. The summed E-state index contributed by atoms with van der Waals surface area (Å²) in [6, 6.07) is 0. The average molecular weight is 327 g/mol. The molecule has 2 heterocycles. The van der Waals surface area contributed by atoms with Crippen molar-refractivity contribution in [2.45, 2.75) is 40.2 Å². The fraction of sp³-hybridized carbons (Fsp3) is 0.500. The number of carbonyl (C=O) groups excluding carboxylic acids is 1. The zero-order valence-electron chi connectivity index (χ0n) is 12.4. The van der Waals surface area contributed by atoms with Gasteiger partial charge in [-0.1, -0.05) is 11.6 Å². The zero-order valence-corrected chi connectivity index (χ0v) is 14.0. The molecule has 2 aromatic heterocycles. The first kappa shape index (κ1) is 16.0. The highest BCUT2D eigenvalue weighted by Gasteiger charge is 2.11. The number of carbonyl (C=O) groups is 1. The normalized spacial score (nSPS) is 10.9. The Bertz CT molecular complexity index is 635. The van der Waals surface area contributed by atoms with E-state index in [9.17, 15) is 4.79 Å². The Hall–Kier alpha value is -1.40. The summed E-state index contributed by atoms with van der Waals surface area (Å²) in [4.78, 5) is 17.4. The fourth-order valence-corrected chi connectivity index (χ4v) is 3.02. The van der Waals surface area contributed by atoms with Crippen molar-refractivity contribution >= 4 is 28.8 Å². The van der Waals surface area contributed by atoms with Crippen LogP contribution in [0.1, 0.15) is 28.4 Å².